The van der Waals surface area contributed by atoms with E-state index >= 15 is 0 Å². The van der Waals surface area contributed by atoms with Gasteiger partial charge in [-0.1, -0.05) is 11.2 Å². The lowest BCUT2D eigenvalue weighted by Gasteiger charge is -2.21. The highest BCUT2D eigenvalue weighted by Crippen LogP contribution is 2.25. The van der Waals surface area contributed by atoms with Crippen LogP contribution in [0.5, 0.6) is 11.5 Å². The highest BCUT2D eigenvalue weighted by molar-refractivity contribution is 5.96. The SMILES string of the molecule is C=CCN(CC(=O)Nc1ccon1)C(=O)Nc1cc(OC)cc(OC)c1. The van der Waals surface area contributed by atoms with Gasteiger partial charge in [0.15, 0.2) is 5.82 Å². The summed E-state index contributed by atoms with van der Waals surface area (Å²) < 4.78 is 15.0. The largest absolute Gasteiger partial charge is 0.497 e. The molecule has 3 amide bonds. The topological polar surface area (TPSA) is 106 Å². The predicted molar refractivity (Wildman–Crippen MR) is 95.5 cm³/mol. The van der Waals surface area contributed by atoms with Crippen LogP contribution in [0.1, 0.15) is 0 Å². The predicted octanol–water partition coefficient (Wildman–Crippen LogP) is 2.35. The molecule has 2 rings (SSSR count). The Morgan fingerprint density at radius 2 is 1.92 bits per heavy atom. The molecule has 0 spiro atoms. The monoisotopic (exact) mass is 360 g/mol. The number of nitrogens with one attached hydrogen (secondary N) is 2. The third kappa shape index (κ3) is 5.26. The second-order valence-electron chi connectivity index (χ2n) is 5.13. The molecule has 0 saturated heterocycles. The summed E-state index contributed by atoms with van der Waals surface area (Å²) >= 11 is 0. The molecule has 0 aliphatic heterocycles. The molecule has 0 unspecified atom stereocenters. The molecule has 0 aliphatic carbocycles. The maximum Gasteiger partial charge on any atom is 0.322 e. The average Bonchev–Trinajstić information content (AvgIpc) is 3.13. The van der Waals surface area contributed by atoms with Gasteiger partial charge in [-0.15, -0.1) is 6.58 Å². The zero-order chi connectivity index (χ0) is 18.9. The van der Waals surface area contributed by atoms with E-state index in [-0.39, 0.29) is 18.9 Å². The number of benzene rings is 1. The highest BCUT2D eigenvalue weighted by Gasteiger charge is 2.17. The Morgan fingerprint density at radius 3 is 2.46 bits per heavy atom. The van der Waals surface area contributed by atoms with Crippen molar-refractivity contribution in [1.29, 1.82) is 0 Å². The minimum absolute atomic E-state index is 0.180. The summed E-state index contributed by atoms with van der Waals surface area (Å²) in [4.78, 5) is 25.9. The normalized spacial score (nSPS) is 9.92. The average molecular weight is 360 g/mol. The minimum Gasteiger partial charge on any atom is -0.497 e. The Hall–Kier alpha value is -3.49. The number of urea groups is 1. The van der Waals surface area contributed by atoms with Gasteiger partial charge in [0, 0.05) is 36.5 Å². The summed E-state index contributed by atoms with van der Waals surface area (Å²) in [5, 5.41) is 8.82. The Bertz CT molecular complexity index is 738. The van der Waals surface area contributed by atoms with Gasteiger partial charge in [-0.25, -0.2) is 4.79 Å². The molecule has 1 heterocycles. The van der Waals surface area contributed by atoms with Crippen molar-refractivity contribution >= 4 is 23.4 Å². The van der Waals surface area contributed by atoms with Gasteiger partial charge in [0.05, 0.1) is 14.2 Å². The molecular weight excluding hydrogens is 340 g/mol. The van der Waals surface area contributed by atoms with Crippen LogP contribution >= 0.6 is 0 Å². The van der Waals surface area contributed by atoms with E-state index in [1.807, 2.05) is 0 Å². The standard InChI is InChI=1S/C17H20N4O5/c1-4-6-21(11-16(22)19-15-5-7-26-20-15)17(23)18-12-8-13(24-2)10-14(9-12)25-3/h4-5,7-10H,1,6,11H2,2-3H3,(H,18,23)(H,19,20,22). The fourth-order valence-corrected chi connectivity index (χ4v) is 2.09. The zero-order valence-corrected chi connectivity index (χ0v) is 14.5. The molecule has 1 aromatic heterocycles. The second-order valence-corrected chi connectivity index (χ2v) is 5.13. The fraction of sp³-hybridized carbons (Fsp3) is 0.235. The van der Waals surface area contributed by atoms with Crippen molar-refractivity contribution in [3.8, 4) is 11.5 Å². The number of nitrogens with zero attached hydrogens (tertiary/aromatic N) is 2. The van der Waals surface area contributed by atoms with Crippen molar-refractivity contribution in [2.75, 3.05) is 37.9 Å². The number of hydrogen-bond donors (Lipinski definition) is 2. The van der Waals surface area contributed by atoms with Crippen LogP contribution < -0.4 is 20.1 Å². The van der Waals surface area contributed by atoms with E-state index in [2.05, 4.69) is 26.9 Å². The molecule has 1 aromatic carbocycles. The van der Waals surface area contributed by atoms with Crippen LogP contribution in [0.15, 0.2) is 47.7 Å². The molecule has 0 aliphatic rings. The van der Waals surface area contributed by atoms with E-state index < -0.39 is 11.9 Å². The summed E-state index contributed by atoms with van der Waals surface area (Å²) in [6, 6.07) is 5.99. The molecule has 0 fully saturated rings. The van der Waals surface area contributed by atoms with E-state index in [9.17, 15) is 9.59 Å². The number of aromatic nitrogens is 1. The summed E-state index contributed by atoms with van der Waals surface area (Å²) in [5.74, 6) is 0.906. The van der Waals surface area contributed by atoms with Gasteiger partial charge in [0.2, 0.25) is 5.91 Å². The quantitative estimate of drug-likeness (QED) is 0.700. The number of carbonyl (C=O) groups is 2. The molecule has 138 valence electrons. The van der Waals surface area contributed by atoms with Crippen molar-refractivity contribution in [1.82, 2.24) is 10.1 Å². The van der Waals surface area contributed by atoms with E-state index in [0.717, 1.165) is 0 Å². The first-order valence-corrected chi connectivity index (χ1v) is 7.66. The summed E-state index contributed by atoms with van der Waals surface area (Å²) in [7, 11) is 3.03. The first kappa shape index (κ1) is 18.8. The number of carbonyl (C=O) groups excluding carboxylic acids is 2. The van der Waals surface area contributed by atoms with Crippen LogP contribution in [-0.2, 0) is 4.79 Å². The van der Waals surface area contributed by atoms with Gasteiger partial charge < -0.3 is 29.5 Å². The lowest BCUT2D eigenvalue weighted by molar-refractivity contribution is -0.116. The van der Waals surface area contributed by atoms with Crippen molar-refractivity contribution in [3.05, 3.63) is 43.2 Å². The van der Waals surface area contributed by atoms with E-state index in [0.29, 0.717) is 17.2 Å². The van der Waals surface area contributed by atoms with Crippen molar-refractivity contribution in [3.63, 3.8) is 0 Å². The molecule has 0 bridgehead atoms. The van der Waals surface area contributed by atoms with Crippen LogP contribution in [0.4, 0.5) is 16.3 Å². The van der Waals surface area contributed by atoms with Crippen molar-refractivity contribution in [2.45, 2.75) is 0 Å². The number of rotatable bonds is 8. The maximum absolute atomic E-state index is 12.5. The van der Waals surface area contributed by atoms with Crippen LogP contribution in [0.3, 0.4) is 0 Å². The zero-order valence-electron chi connectivity index (χ0n) is 14.5. The number of anilines is 2. The molecule has 0 radical (unpaired) electrons. The van der Waals surface area contributed by atoms with Crippen LogP contribution in [0, 0.1) is 0 Å². The summed E-state index contributed by atoms with van der Waals surface area (Å²) in [5.41, 5.74) is 0.470. The van der Waals surface area contributed by atoms with Crippen molar-refractivity contribution in [2.24, 2.45) is 0 Å². The minimum atomic E-state index is -0.476. The third-order valence-corrected chi connectivity index (χ3v) is 3.28. The number of methoxy groups -OCH3 is 2. The van der Waals surface area contributed by atoms with Crippen molar-refractivity contribution < 1.29 is 23.6 Å². The second kappa shape index (κ2) is 9.11. The van der Waals surface area contributed by atoms with E-state index in [1.165, 1.54) is 37.5 Å². The first-order valence-electron chi connectivity index (χ1n) is 7.66. The fourth-order valence-electron chi connectivity index (χ4n) is 2.09. The van der Waals surface area contributed by atoms with Gasteiger partial charge in [0.1, 0.15) is 24.3 Å². The Morgan fingerprint density at radius 1 is 1.23 bits per heavy atom. The van der Waals surface area contributed by atoms with E-state index in [4.69, 9.17) is 9.47 Å². The summed E-state index contributed by atoms with van der Waals surface area (Å²) in [6.07, 6.45) is 2.86. The molecule has 0 saturated carbocycles. The molecular formula is C17H20N4O5. The Balaban J connectivity index is 2.05. The number of hydrogen-bond acceptors (Lipinski definition) is 6. The van der Waals surface area contributed by atoms with Gasteiger partial charge in [-0.3, -0.25) is 4.79 Å². The van der Waals surface area contributed by atoms with Gasteiger partial charge in [-0.2, -0.15) is 0 Å². The van der Waals surface area contributed by atoms with Gasteiger partial charge in [-0.05, 0) is 0 Å². The first-order chi connectivity index (χ1) is 12.5. The van der Waals surface area contributed by atoms with Crippen LogP contribution in [0.25, 0.3) is 0 Å². The van der Waals surface area contributed by atoms with Crippen LogP contribution in [-0.4, -0.2) is 49.3 Å². The molecule has 2 N–H and O–H groups in total. The van der Waals surface area contributed by atoms with Gasteiger partial charge in [0.25, 0.3) is 0 Å². The Kier molecular flexibility index (Phi) is 6.60. The molecule has 9 nitrogen and oxygen atoms in total. The molecule has 9 heteroatoms. The maximum atomic E-state index is 12.5. The lowest BCUT2D eigenvalue weighted by atomic mass is 10.2. The number of amides is 3. The molecule has 0 atom stereocenters. The van der Waals surface area contributed by atoms with Crippen LogP contribution in [0.2, 0.25) is 0 Å². The Labute approximate surface area is 150 Å². The lowest BCUT2D eigenvalue weighted by Crippen LogP contribution is -2.40. The summed E-state index contributed by atoms with van der Waals surface area (Å²) in [6.45, 7) is 3.60. The molecule has 26 heavy (non-hydrogen) atoms. The number of ether oxygens (including phenoxy) is 2. The smallest absolute Gasteiger partial charge is 0.322 e. The van der Waals surface area contributed by atoms with Gasteiger partial charge >= 0.3 is 6.03 Å². The van der Waals surface area contributed by atoms with E-state index in [1.54, 1.807) is 18.2 Å². The highest BCUT2D eigenvalue weighted by atomic mass is 16.5. The third-order valence-electron chi connectivity index (χ3n) is 3.28. The molecule has 2 aromatic rings.